The molecule has 0 saturated heterocycles. The number of thioether (sulfide) groups is 1. The van der Waals surface area contributed by atoms with Crippen LogP contribution >= 0.6 is 11.8 Å². The first-order chi connectivity index (χ1) is 7.21. The number of carbonyl (C=O) groups is 1. The van der Waals surface area contributed by atoms with E-state index in [4.69, 9.17) is 5.73 Å². The van der Waals surface area contributed by atoms with E-state index in [0.29, 0.717) is 0 Å². The van der Waals surface area contributed by atoms with E-state index in [0.717, 1.165) is 12.2 Å². The first-order valence-corrected chi connectivity index (χ1v) is 7.12. The van der Waals surface area contributed by atoms with Crippen LogP contribution in [0.15, 0.2) is 0 Å². The molecule has 4 heteroatoms. The molecule has 0 aliphatic rings. The van der Waals surface area contributed by atoms with Crippen molar-refractivity contribution < 1.29 is 4.79 Å². The fraction of sp³-hybridized carbons (Fsp3) is 0.917. The second-order valence-electron chi connectivity index (χ2n) is 5.38. The maximum atomic E-state index is 12.0. The Morgan fingerprint density at radius 3 is 2.31 bits per heavy atom. The number of hydrogen-bond donors (Lipinski definition) is 1. The van der Waals surface area contributed by atoms with Crippen LogP contribution in [0.25, 0.3) is 0 Å². The Labute approximate surface area is 104 Å². The van der Waals surface area contributed by atoms with Gasteiger partial charge in [-0.05, 0) is 30.8 Å². The quantitative estimate of drug-likeness (QED) is 0.806. The monoisotopic (exact) mass is 246 g/mol. The highest BCUT2D eigenvalue weighted by Crippen LogP contribution is 2.23. The summed E-state index contributed by atoms with van der Waals surface area (Å²) in [6, 6.07) is -0.164. The molecule has 0 aromatic heterocycles. The van der Waals surface area contributed by atoms with Crippen molar-refractivity contribution in [2.45, 2.75) is 46.2 Å². The highest BCUT2D eigenvalue weighted by atomic mass is 32.2. The maximum Gasteiger partial charge on any atom is 0.239 e. The van der Waals surface area contributed by atoms with Crippen LogP contribution in [-0.4, -0.2) is 41.9 Å². The number of carbonyl (C=O) groups excluding carboxylic acids is 1. The first kappa shape index (κ1) is 15.8. The molecule has 0 rings (SSSR count). The van der Waals surface area contributed by atoms with E-state index in [1.165, 1.54) is 0 Å². The average Bonchev–Trinajstić information content (AvgIpc) is 2.21. The molecule has 0 aromatic carbocycles. The molecule has 0 saturated carbocycles. The summed E-state index contributed by atoms with van der Waals surface area (Å²) < 4.78 is 0. The molecule has 0 spiro atoms. The fourth-order valence-corrected chi connectivity index (χ4v) is 1.89. The lowest BCUT2D eigenvalue weighted by molar-refractivity contribution is -0.135. The molecular weight excluding hydrogens is 220 g/mol. The highest BCUT2D eigenvalue weighted by molar-refractivity contribution is 7.98. The molecule has 96 valence electrons. The number of rotatable bonds is 5. The van der Waals surface area contributed by atoms with Gasteiger partial charge in [0.2, 0.25) is 5.91 Å². The van der Waals surface area contributed by atoms with Crippen molar-refractivity contribution in [1.29, 1.82) is 0 Å². The molecule has 0 heterocycles. The molecule has 1 unspecified atom stereocenters. The number of nitrogens with two attached hydrogens (primary N) is 1. The molecule has 3 nitrogen and oxygen atoms in total. The smallest absolute Gasteiger partial charge is 0.239 e. The van der Waals surface area contributed by atoms with Crippen LogP contribution in [0, 0.1) is 5.41 Å². The Morgan fingerprint density at radius 1 is 1.44 bits per heavy atom. The maximum absolute atomic E-state index is 12.0. The van der Waals surface area contributed by atoms with Crippen LogP contribution in [-0.2, 0) is 4.79 Å². The molecule has 0 aliphatic heterocycles. The Morgan fingerprint density at radius 2 is 1.94 bits per heavy atom. The number of nitrogens with zero attached hydrogens (tertiary/aromatic N) is 1. The summed E-state index contributed by atoms with van der Waals surface area (Å²) >= 11 is 1.72. The number of likely N-dealkylation sites (N-methyl/N-ethyl adjacent to an activating group) is 1. The molecule has 2 atom stereocenters. The fourth-order valence-electron chi connectivity index (χ4n) is 1.40. The van der Waals surface area contributed by atoms with E-state index < -0.39 is 0 Å². The first-order valence-electron chi connectivity index (χ1n) is 5.73. The van der Waals surface area contributed by atoms with E-state index in [-0.39, 0.29) is 23.4 Å². The minimum atomic E-state index is -0.359. The van der Waals surface area contributed by atoms with Gasteiger partial charge in [0.05, 0.1) is 6.04 Å². The largest absolute Gasteiger partial charge is 0.341 e. The summed E-state index contributed by atoms with van der Waals surface area (Å²) in [5.74, 6) is 0.987. The van der Waals surface area contributed by atoms with Gasteiger partial charge in [-0.3, -0.25) is 4.79 Å². The second kappa shape index (κ2) is 6.50. The van der Waals surface area contributed by atoms with E-state index in [1.807, 2.05) is 13.3 Å². The third kappa shape index (κ3) is 4.74. The van der Waals surface area contributed by atoms with Crippen LogP contribution < -0.4 is 5.73 Å². The summed E-state index contributed by atoms with van der Waals surface area (Å²) in [5, 5.41) is 0. The summed E-state index contributed by atoms with van der Waals surface area (Å²) in [7, 11) is 1.84. The van der Waals surface area contributed by atoms with E-state index in [2.05, 4.69) is 27.7 Å². The zero-order valence-corrected chi connectivity index (χ0v) is 12.2. The van der Waals surface area contributed by atoms with Gasteiger partial charge in [0.15, 0.2) is 0 Å². The standard InChI is InChI=1S/C12H26N2OS/c1-9(12(2,3)4)14(5)11(15)10(13)7-8-16-6/h9-10H,7-8,13H2,1-6H3/t9?,10-/m0/s1. The molecule has 2 N–H and O–H groups in total. The van der Waals surface area contributed by atoms with Gasteiger partial charge in [0.25, 0.3) is 0 Å². The van der Waals surface area contributed by atoms with E-state index >= 15 is 0 Å². The van der Waals surface area contributed by atoms with Crippen LogP contribution in [0.4, 0.5) is 0 Å². The molecule has 0 aromatic rings. The normalized spacial score (nSPS) is 15.7. The van der Waals surface area contributed by atoms with Crippen molar-refractivity contribution in [3.63, 3.8) is 0 Å². The Bertz CT molecular complexity index is 226. The van der Waals surface area contributed by atoms with Crippen LogP contribution in [0.1, 0.15) is 34.1 Å². The summed E-state index contributed by atoms with van der Waals surface area (Å²) in [5.41, 5.74) is 5.97. The van der Waals surface area contributed by atoms with Crippen LogP contribution in [0.5, 0.6) is 0 Å². The van der Waals surface area contributed by atoms with Gasteiger partial charge >= 0.3 is 0 Å². The predicted octanol–water partition coefficient (Wildman–Crippen LogP) is 1.96. The summed E-state index contributed by atoms with van der Waals surface area (Å²) in [4.78, 5) is 13.8. The van der Waals surface area contributed by atoms with Crippen molar-refractivity contribution >= 4 is 17.7 Å². The minimum absolute atomic E-state index is 0.0523. The van der Waals surface area contributed by atoms with E-state index in [1.54, 1.807) is 16.7 Å². The highest BCUT2D eigenvalue weighted by Gasteiger charge is 2.29. The van der Waals surface area contributed by atoms with Gasteiger partial charge in [-0.25, -0.2) is 0 Å². The van der Waals surface area contributed by atoms with E-state index in [9.17, 15) is 4.79 Å². The van der Waals surface area contributed by atoms with Gasteiger partial charge < -0.3 is 10.6 Å². The van der Waals surface area contributed by atoms with Gasteiger partial charge in [0.1, 0.15) is 0 Å². The Kier molecular flexibility index (Phi) is 6.41. The molecule has 0 aliphatic carbocycles. The van der Waals surface area contributed by atoms with Crippen LogP contribution in [0.2, 0.25) is 0 Å². The van der Waals surface area contributed by atoms with Gasteiger partial charge in [-0.15, -0.1) is 0 Å². The summed E-state index contributed by atoms with van der Waals surface area (Å²) in [6.07, 6.45) is 2.78. The minimum Gasteiger partial charge on any atom is -0.341 e. The predicted molar refractivity (Wildman–Crippen MR) is 72.7 cm³/mol. The molecule has 1 amide bonds. The van der Waals surface area contributed by atoms with Crippen LogP contribution in [0.3, 0.4) is 0 Å². The van der Waals surface area contributed by atoms with Gasteiger partial charge in [-0.1, -0.05) is 20.8 Å². The van der Waals surface area contributed by atoms with Gasteiger partial charge in [-0.2, -0.15) is 11.8 Å². The molecule has 0 radical (unpaired) electrons. The summed E-state index contributed by atoms with van der Waals surface area (Å²) in [6.45, 7) is 8.47. The van der Waals surface area contributed by atoms with Gasteiger partial charge in [0, 0.05) is 13.1 Å². The van der Waals surface area contributed by atoms with Crippen molar-refractivity contribution in [2.75, 3.05) is 19.1 Å². The zero-order chi connectivity index (χ0) is 12.9. The molecule has 0 bridgehead atoms. The van der Waals surface area contributed by atoms with Crippen molar-refractivity contribution in [2.24, 2.45) is 11.1 Å². The average molecular weight is 246 g/mol. The zero-order valence-electron chi connectivity index (χ0n) is 11.4. The third-order valence-corrected chi connectivity index (χ3v) is 3.78. The van der Waals surface area contributed by atoms with Crippen molar-refractivity contribution in [3.8, 4) is 0 Å². The Balaban J connectivity index is 4.37. The molecule has 16 heavy (non-hydrogen) atoms. The topological polar surface area (TPSA) is 46.3 Å². The molecular formula is C12H26N2OS. The SMILES string of the molecule is CSCC[C@H](N)C(=O)N(C)C(C)C(C)(C)C. The molecule has 0 fully saturated rings. The lowest BCUT2D eigenvalue weighted by Gasteiger charge is -2.36. The lowest BCUT2D eigenvalue weighted by atomic mass is 9.87. The van der Waals surface area contributed by atoms with Crippen molar-refractivity contribution in [1.82, 2.24) is 4.90 Å². The van der Waals surface area contributed by atoms with Crippen molar-refractivity contribution in [3.05, 3.63) is 0 Å². The third-order valence-electron chi connectivity index (χ3n) is 3.13. The Hall–Kier alpha value is -0.220. The second-order valence-corrected chi connectivity index (χ2v) is 6.36. The number of amides is 1. The lowest BCUT2D eigenvalue weighted by Crippen LogP contribution is -2.49. The number of hydrogen-bond acceptors (Lipinski definition) is 3.